The third-order valence-corrected chi connectivity index (χ3v) is 7.71. The van der Waals surface area contributed by atoms with Crippen molar-refractivity contribution in [2.75, 3.05) is 19.8 Å². The number of carboxylic acid groups (broad SMARTS) is 1. The summed E-state index contributed by atoms with van der Waals surface area (Å²) in [4.78, 5) is 32.9. The zero-order valence-corrected chi connectivity index (χ0v) is 20.4. The number of carbonyl (C=O) groups excluding carboxylic acids is 1. The molecule has 3 aromatic carbocycles. The van der Waals surface area contributed by atoms with Crippen LogP contribution in [0.4, 0.5) is 0 Å². The van der Waals surface area contributed by atoms with Crippen LogP contribution < -0.4 is 10.6 Å². The minimum atomic E-state index is -0.975. The summed E-state index contributed by atoms with van der Waals surface area (Å²) in [5.41, 5.74) is 3.59. The molecule has 2 saturated heterocycles. The van der Waals surface area contributed by atoms with Gasteiger partial charge in [0.2, 0.25) is 5.91 Å². The Labute approximate surface area is 215 Å². The van der Waals surface area contributed by atoms with E-state index in [0.717, 1.165) is 11.1 Å². The van der Waals surface area contributed by atoms with Crippen molar-refractivity contribution in [2.24, 2.45) is 0 Å². The van der Waals surface area contributed by atoms with Gasteiger partial charge in [-0.3, -0.25) is 15.0 Å². The number of nitrogens with zero attached hydrogens (tertiary/aromatic N) is 2. The van der Waals surface area contributed by atoms with Crippen LogP contribution in [0.2, 0.25) is 0 Å². The molecule has 1 spiro atoms. The SMILES string of the molecule is O=C(O)c1c(C(c2ccccc2)N2CCC3(CC2)NCNC3=O)c(-c2ccccc2)nc2ccccc12. The fourth-order valence-corrected chi connectivity index (χ4v) is 5.85. The van der Waals surface area contributed by atoms with Crippen LogP contribution in [-0.4, -0.2) is 52.2 Å². The van der Waals surface area contributed by atoms with E-state index in [9.17, 15) is 14.7 Å². The van der Waals surface area contributed by atoms with Crippen molar-refractivity contribution in [1.82, 2.24) is 20.5 Å². The van der Waals surface area contributed by atoms with E-state index in [-0.39, 0.29) is 17.5 Å². The standard InChI is InChI=1S/C30H28N4O3/c35-28(36)24-22-13-7-8-14-23(22)33-26(20-9-3-1-4-10-20)25(24)27(21-11-5-2-6-12-21)34-17-15-30(16-18-34)29(37)31-19-32-30/h1-14,27,32H,15-19H2,(H,31,37)(H,35,36). The second-order valence-corrected chi connectivity index (χ2v) is 9.73. The van der Waals surface area contributed by atoms with Gasteiger partial charge in [0.1, 0.15) is 5.54 Å². The van der Waals surface area contributed by atoms with Gasteiger partial charge in [0, 0.05) is 29.6 Å². The third-order valence-electron chi connectivity index (χ3n) is 7.71. The number of hydrogen-bond donors (Lipinski definition) is 3. The second-order valence-electron chi connectivity index (χ2n) is 9.73. The Morgan fingerprint density at radius 2 is 1.57 bits per heavy atom. The van der Waals surface area contributed by atoms with Crippen LogP contribution in [0.15, 0.2) is 84.9 Å². The molecule has 1 unspecified atom stereocenters. The summed E-state index contributed by atoms with van der Waals surface area (Å²) in [7, 11) is 0. The number of pyridine rings is 1. The number of carbonyl (C=O) groups is 2. The Kier molecular flexibility index (Phi) is 5.94. The summed E-state index contributed by atoms with van der Waals surface area (Å²) in [6.45, 7) is 1.76. The van der Waals surface area contributed by atoms with E-state index in [2.05, 4.69) is 15.5 Å². The molecule has 7 heteroatoms. The Morgan fingerprint density at radius 3 is 2.22 bits per heavy atom. The molecule has 1 aromatic heterocycles. The number of para-hydroxylation sites is 1. The van der Waals surface area contributed by atoms with Gasteiger partial charge in [0.05, 0.1) is 29.5 Å². The van der Waals surface area contributed by atoms with Gasteiger partial charge in [0.25, 0.3) is 0 Å². The quantitative estimate of drug-likeness (QED) is 0.387. The van der Waals surface area contributed by atoms with Gasteiger partial charge in [-0.1, -0.05) is 78.9 Å². The van der Waals surface area contributed by atoms with E-state index in [4.69, 9.17) is 4.98 Å². The summed E-state index contributed by atoms with van der Waals surface area (Å²) >= 11 is 0. The highest BCUT2D eigenvalue weighted by molar-refractivity contribution is 6.06. The van der Waals surface area contributed by atoms with Crippen LogP contribution in [0, 0.1) is 0 Å². The molecular weight excluding hydrogens is 464 g/mol. The molecule has 3 N–H and O–H groups in total. The molecule has 6 rings (SSSR count). The number of likely N-dealkylation sites (tertiary alicyclic amines) is 1. The van der Waals surface area contributed by atoms with Crippen molar-refractivity contribution < 1.29 is 14.7 Å². The maximum Gasteiger partial charge on any atom is 0.336 e. The Balaban J connectivity index is 1.58. The zero-order valence-electron chi connectivity index (χ0n) is 20.4. The molecule has 7 nitrogen and oxygen atoms in total. The first-order chi connectivity index (χ1) is 18.1. The maximum atomic E-state index is 13.0. The number of aromatic nitrogens is 1. The minimum absolute atomic E-state index is 0.0481. The normalized spacial score (nSPS) is 18.1. The van der Waals surface area contributed by atoms with Crippen LogP contribution in [0.1, 0.15) is 40.4 Å². The van der Waals surface area contributed by atoms with Crippen molar-refractivity contribution in [3.63, 3.8) is 0 Å². The molecule has 3 heterocycles. The number of carboxylic acids is 1. The van der Waals surface area contributed by atoms with Crippen LogP contribution in [-0.2, 0) is 4.79 Å². The van der Waals surface area contributed by atoms with Crippen LogP contribution in [0.25, 0.3) is 22.2 Å². The highest BCUT2D eigenvalue weighted by atomic mass is 16.4. The molecule has 0 aliphatic carbocycles. The Bertz CT molecular complexity index is 1460. The highest BCUT2D eigenvalue weighted by Crippen LogP contribution is 2.42. The predicted octanol–water partition coefficient (Wildman–Crippen LogP) is 4.20. The molecule has 0 saturated carbocycles. The molecule has 1 atom stereocenters. The fraction of sp³-hybridized carbons (Fsp3) is 0.233. The van der Waals surface area contributed by atoms with Crippen LogP contribution in [0.3, 0.4) is 0 Å². The van der Waals surface area contributed by atoms with Crippen molar-refractivity contribution in [1.29, 1.82) is 0 Å². The lowest BCUT2D eigenvalue weighted by Gasteiger charge is -2.42. The first-order valence-electron chi connectivity index (χ1n) is 12.6. The molecule has 37 heavy (non-hydrogen) atoms. The van der Waals surface area contributed by atoms with E-state index in [1.54, 1.807) is 0 Å². The average Bonchev–Trinajstić information content (AvgIpc) is 3.29. The van der Waals surface area contributed by atoms with Gasteiger partial charge in [-0.25, -0.2) is 9.78 Å². The van der Waals surface area contributed by atoms with Crippen LogP contribution >= 0.6 is 0 Å². The average molecular weight is 493 g/mol. The molecular formula is C30H28N4O3. The number of rotatable bonds is 5. The topological polar surface area (TPSA) is 94.6 Å². The molecule has 4 aromatic rings. The summed E-state index contributed by atoms with van der Waals surface area (Å²) in [5.74, 6) is -0.927. The van der Waals surface area contributed by atoms with Crippen molar-refractivity contribution in [3.8, 4) is 11.3 Å². The van der Waals surface area contributed by atoms with E-state index >= 15 is 0 Å². The number of benzene rings is 3. The number of hydrogen-bond acceptors (Lipinski definition) is 5. The van der Waals surface area contributed by atoms with Gasteiger partial charge < -0.3 is 10.4 Å². The van der Waals surface area contributed by atoms with Gasteiger partial charge in [-0.15, -0.1) is 0 Å². The van der Waals surface area contributed by atoms with Gasteiger partial charge in [0.15, 0.2) is 0 Å². The van der Waals surface area contributed by atoms with Crippen molar-refractivity contribution in [2.45, 2.75) is 24.4 Å². The Morgan fingerprint density at radius 1 is 0.919 bits per heavy atom. The van der Waals surface area contributed by atoms with E-state index in [0.29, 0.717) is 54.8 Å². The number of nitrogens with one attached hydrogen (secondary N) is 2. The molecule has 0 radical (unpaired) electrons. The van der Waals surface area contributed by atoms with E-state index < -0.39 is 11.5 Å². The molecule has 2 fully saturated rings. The monoisotopic (exact) mass is 492 g/mol. The number of fused-ring (bicyclic) bond motifs is 1. The smallest absolute Gasteiger partial charge is 0.336 e. The molecule has 2 aliphatic heterocycles. The zero-order chi connectivity index (χ0) is 25.4. The number of aromatic carboxylic acids is 1. The third kappa shape index (κ3) is 4.06. The van der Waals surface area contributed by atoms with E-state index in [1.165, 1.54) is 0 Å². The largest absolute Gasteiger partial charge is 0.478 e. The first-order valence-corrected chi connectivity index (χ1v) is 12.6. The maximum absolute atomic E-state index is 13.0. The number of piperidine rings is 1. The molecule has 186 valence electrons. The second kappa shape index (κ2) is 9.42. The lowest BCUT2D eigenvalue weighted by Crippen LogP contribution is -2.55. The number of amides is 1. The molecule has 2 aliphatic rings. The van der Waals surface area contributed by atoms with Gasteiger partial charge >= 0.3 is 5.97 Å². The van der Waals surface area contributed by atoms with Crippen molar-refractivity contribution >= 4 is 22.8 Å². The summed E-state index contributed by atoms with van der Waals surface area (Å²) in [5, 5.41) is 17.5. The first kappa shape index (κ1) is 23.3. The fourth-order valence-electron chi connectivity index (χ4n) is 5.85. The highest BCUT2D eigenvalue weighted by Gasteiger charge is 2.46. The minimum Gasteiger partial charge on any atom is -0.478 e. The molecule has 1 amide bonds. The van der Waals surface area contributed by atoms with Crippen LogP contribution in [0.5, 0.6) is 0 Å². The predicted molar refractivity (Wildman–Crippen MR) is 142 cm³/mol. The summed E-state index contributed by atoms with van der Waals surface area (Å²) in [6.07, 6.45) is 1.29. The van der Waals surface area contributed by atoms with E-state index in [1.807, 2.05) is 84.9 Å². The Hall–Kier alpha value is -4.07. The lowest BCUT2D eigenvalue weighted by atomic mass is 9.83. The van der Waals surface area contributed by atoms with Gasteiger partial charge in [-0.2, -0.15) is 0 Å². The summed E-state index contributed by atoms with van der Waals surface area (Å²) < 4.78 is 0. The van der Waals surface area contributed by atoms with Crippen molar-refractivity contribution in [3.05, 3.63) is 102 Å². The van der Waals surface area contributed by atoms with Gasteiger partial charge in [-0.05, 0) is 24.5 Å². The summed E-state index contributed by atoms with van der Waals surface area (Å²) in [6, 6.07) is 26.9. The lowest BCUT2D eigenvalue weighted by molar-refractivity contribution is -0.125. The molecule has 0 bridgehead atoms.